The maximum absolute atomic E-state index is 12.2. The summed E-state index contributed by atoms with van der Waals surface area (Å²) < 4.78 is 10.5. The number of ether oxygens (including phenoxy) is 1. The second kappa shape index (κ2) is 7.40. The van der Waals surface area contributed by atoms with Gasteiger partial charge < -0.3 is 14.6 Å². The second-order valence-electron chi connectivity index (χ2n) is 5.55. The first-order chi connectivity index (χ1) is 12.1. The monoisotopic (exact) mass is 356 g/mol. The lowest BCUT2D eigenvalue weighted by atomic mass is 10.1. The van der Waals surface area contributed by atoms with E-state index in [4.69, 9.17) is 20.9 Å². The highest BCUT2D eigenvalue weighted by Crippen LogP contribution is 2.25. The fourth-order valence-corrected chi connectivity index (χ4v) is 2.56. The van der Waals surface area contributed by atoms with E-state index in [9.17, 15) is 4.79 Å². The average molecular weight is 357 g/mol. The number of carbonyl (C=O) groups excluding carboxylic acids is 1. The fraction of sp³-hybridized carbons (Fsp3) is 0.158. The largest absolute Gasteiger partial charge is 0.497 e. The average Bonchev–Trinajstić information content (AvgIpc) is 3.07. The Labute approximate surface area is 150 Å². The lowest BCUT2D eigenvalue weighted by Gasteiger charge is -2.08. The Hall–Kier alpha value is -2.79. The fourth-order valence-electron chi connectivity index (χ4n) is 2.39. The molecule has 5 nitrogen and oxygen atoms in total. The lowest BCUT2D eigenvalue weighted by Crippen LogP contribution is -2.15. The molecule has 2 aromatic carbocycles. The van der Waals surface area contributed by atoms with E-state index in [1.165, 1.54) is 0 Å². The van der Waals surface area contributed by atoms with Crippen LogP contribution < -0.4 is 10.1 Å². The van der Waals surface area contributed by atoms with Crippen molar-refractivity contribution < 1.29 is 14.1 Å². The molecule has 1 heterocycles. The van der Waals surface area contributed by atoms with E-state index in [2.05, 4.69) is 10.5 Å². The Morgan fingerprint density at radius 3 is 2.72 bits per heavy atom. The number of nitrogens with one attached hydrogen (secondary N) is 1. The van der Waals surface area contributed by atoms with E-state index in [-0.39, 0.29) is 12.3 Å². The summed E-state index contributed by atoms with van der Waals surface area (Å²) in [5.74, 6) is 1.18. The van der Waals surface area contributed by atoms with Crippen molar-refractivity contribution in [1.82, 2.24) is 5.16 Å². The first-order valence-electron chi connectivity index (χ1n) is 7.72. The number of anilines is 1. The molecule has 3 rings (SSSR count). The third kappa shape index (κ3) is 4.00. The molecule has 0 fully saturated rings. The summed E-state index contributed by atoms with van der Waals surface area (Å²) >= 11 is 6.06. The van der Waals surface area contributed by atoms with Crippen LogP contribution in [-0.4, -0.2) is 18.2 Å². The van der Waals surface area contributed by atoms with Crippen molar-refractivity contribution in [2.75, 3.05) is 12.4 Å². The molecule has 1 aromatic heterocycles. The molecule has 0 bridgehead atoms. The minimum absolute atomic E-state index is 0.117. The molecule has 128 valence electrons. The summed E-state index contributed by atoms with van der Waals surface area (Å²) in [6.45, 7) is 1.86. The van der Waals surface area contributed by atoms with Crippen LogP contribution in [0.1, 0.15) is 11.3 Å². The van der Waals surface area contributed by atoms with E-state index in [1.807, 2.05) is 37.3 Å². The summed E-state index contributed by atoms with van der Waals surface area (Å²) in [7, 11) is 1.61. The van der Waals surface area contributed by atoms with Gasteiger partial charge in [-0.2, -0.15) is 0 Å². The first-order valence-corrected chi connectivity index (χ1v) is 8.09. The van der Waals surface area contributed by atoms with Crippen LogP contribution in [0.4, 0.5) is 5.69 Å². The maximum Gasteiger partial charge on any atom is 0.230 e. The molecule has 6 heteroatoms. The Morgan fingerprint density at radius 1 is 1.24 bits per heavy atom. The molecule has 0 atom stereocenters. The number of hydrogen-bond acceptors (Lipinski definition) is 4. The van der Waals surface area contributed by atoms with E-state index < -0.39 is 0 Å². The quantitative estimate of drug-likeness (QED) is 0.731. The van der Waals surface area contributed by atoms with Gasteiger partial charge in [0.15, 0.2) is 5.76 Å². The molecule has 1 N–H and O–H groups in total. The predicted octanol–water partition coefficient (Wildman–Crippen LogP) is 4.49. The molecule has 0 aliphatic rings. The molecule has 0 aliphatic heterocycles. The number of aromatic nitrogens is 1. The Morgan fingerprint density at radius 2 is 2.00 bits per heavy atom. The number of halogens is 1. The van der Waals surface area contributed by atoms with Crippen LogP contribution in [0.5, 0.6) is 5.75 Å². The number of nitrogens with zero attached hydrogens (tertiary/aromatic N) is 1. The second-order valence-corrected chi connectivity index (χ2v) is 5.96. The van der Waals surface area contributed by atoms with Gasteiger partial charge in [0.2, 0.25) is 5.91 Å². The smallest absolute Gasteiger partial charge is 0.230 e. The molecule has 0 saturated heterocycles. The van der Waals surface area contributed by atoms with Crippen LogP contribution in [0.15, 0.2) is 53.1 Å². The summed E-state index contributed by atoms with van der Waals surface area (Å²) in [5.41, 5.74) is 2.95. The van der Waals surface area contributed by atoms with E-state index in [1.54, 1.807) is 25.3 Å². The molecule has 0 radical (unpaired) electrons. The van der Waals surface area contributed by atoms with Crippen LogP contribution in [0.25, 0.3) is 11.3 Å². The van der Waals surface area contributed by atoms with Gasteiger partial charge in [0.1, 0.15) is 5.75 Å². The third-order valence-electron chi connectivity index (χ3n) is 3.82. The van der Waals surface area contributed by atoms with Gasteiger partial charge in [-0.05, 0) is 48.9 Å². The molecular weight excluding hydrogens is 340 g/mol. The normalized spacial score (nSPS) is 10.5. The third-order valence-corrected chi connectivity index (χ3v) is 4.23. The van der Waals surface area contributed by atoms with Crippen molar-refractivity contribution in [3.8, 4) is 17.1 Å². The van der Waals surface area contributed by atoms with Crippen molar-refractivity contribution in [1.29, 1.82) is 0 Å². The van der Waals surface area contributed by atoms with Gasteiger partial charge in [-0.1, -0.05) is 22.8 Å². The summed E-state index contributed by atoms with van der Waals surface area (Å²) in [6.07, 6.45) is 0.117. The topological polar surface area (TPSA) is 64.4 Å². The van der Waals surface area contributed by atoms with Gasteiger partial charge in [0, 0.05) is 22.3 Å². The summed E-state index contributed by atoms with van der Waals surface area (Å²) in [6, 6.07) is 14.6. The number of rotatable bonds is 5. The van der Waals surface area contributed by atoms with Crippen LogP contribution >= 0.6 is 11.6 Å². The molecule has 3 aromatic rings. The van der Waals surface area contributed by atoms with Crippen LogP contribution in [0.3, 0.4) is 0 Å². The van der Waals surface area contributed by atoms with Crippen molar-refractivity contribution >= 4 is 23.2 Å². The zero-order valence-corrected chi connectivity index (χ0v) is 14.6. The van der Waals surface area contributed by atoms with E-state index in [0.29, 0.717) is 22.2 Å². The molecule has 0 saturated carbocycles. The van der Waals surface area contributed by atoms with Crippen LogP contribution in [0.2, 0.25) is 5.02 Å². The molecular formula is C19H17ClN2O3. The highest BCUT2D eigenvalue weighted by Gasteiger charge is 2.12. The van der Waals surface area contributed by atoms with E-state index in [0.717, 1.165) is 16.9 Å². The number of methoxy groups -OCH3 is 1. The molecule has 25 heavy (non-hydrogen) atoms. The standard InChI is InChI=1S/C19H17ClN2O3/c1-12-16(20)4-3-5-17(12)21-19(23)11-14-10-18(25-22-14)13-6-8-15(24-2)9-7-13/h3-10H,11H2,1-2H3,(H,21,23). The molecule has 0 spiro atoms. The molecule has 0 unspecified atom stereocenters. The Bertz CT molecular complexity index is 888. The first kappa shape index (κ1) is 17.0. The van der Waals surface area contributed by atoms with Gasteiger partial charge in [0.25, 0.3) is 0 Å². The van der Waals surface area contributed by atoms with Gasteiger partial charge in [-0.25, -0.2) is 0 Å². The SMILES string of the molecule is COc1ccc(-c2cc(CC(=O)Nc3cccc(Cl)c3C)no2)cc1. The summed E-state index contributed by atoms with van der Waals surface area (Å²) in [5, 5.41) is 7.42. The Balaban J connectivity index is 1.68. The zero-order chi connectivity index (χ0) is 17.8. The summed E-state index contributed by atoms with van der Waals surface area (Å²) in [4.78, 5) is 12.2. The molecule has 1 amide bonds. The van der Waals surface area contributed by atoms with Gasteiger partial charge in [-0.3, -0.25) is 4.79 Å². The minimum atomic E-state index is -0.181. The number of carbonyl (C=O) groups is 1. The van der Waals surface area contributed by atoms with Gasteiger partial charge in [0.05, 0.1) is 19.2 Å². The maximum atomic E-state index is 12.2. The predicted molar refractivity (Wildman–Crippen MR) is 97.0 cm³/mol. The van der Waals surface area contributed by atoms with Gasteiger partial charge >= 0.3 is 0 Å². The Kier molecular flexibility index (Phi) is 5.05. The highest BCUT2D eigenvalue weighted by molar-refractivity contribution is 6.31. The highest BCUT2D eigenvalue weighted by atomic mass is 35.5. The number of amides is 1. The van der Waals surface area contributed by atoms with Crippen LogP contribution in [0, 0.1) is 6.92 Å². The van der Waals surface area contributed by atoms with Crippen molar-refractivity contribution in [2.24, 2.45) is 0 Å². The van der Waals surface area contributed by atoms with Crippen molar-refractivity contribution in [3.05, 3.63) is 64.8 Å². The molecule has 0 aliphatic carbocycles. The van der Waals surface area contributed by atoms with Crippen molar-refractivity contribution in [2.45, 2.75) is 13.3 Å². The zero-order valence-electron chi connectivity index (χ0n) is 13.9. The van der Waals surface area contributed by atoms with E-state index >= 15 is 0 Å². The van der Waals surface area contributed by atoms with Crippen LogP contribution in [-0.2, 0) is 11.2 Å². The van der Waals surface area contributed by atoms with Crippen molar-refractivity contribution in [3.63, 3.8) is 0 Å². The number of hydrogen-bond donors (Lipinski definition) is 1. The minimum Gasteiger partial charge on any atom is -0.497 e. The lowest BCUT2D eigenvalue weighted by molar-refractivity contribution is -0.115. The number of benzene rings is 2. The van der Waals surface area contributed by atoms with Gasteiger partial charge in [-0.15, -0.1) is 0 Å².